The number of fused-ring (bicyclic) bond motifs is 1. The molecule has 32 heavy (non-hydrogen) atoms. The Bertz CT molecular complexity index is 1480. The maximum atomic E-state index is 11.9. The van der Waals surface area contributed by atoms with E-state index in [2.05, 4.69) is 10.1 Å². The van der Waals surface area contributed by atoms with Crippen molar-refractivity contribution < 1.29 is 4.74 Å². The number of rotatable bonds is 5. The van der Waals surface area contributed by atoms with Gasteiger partial charge in [0.05, 0.1) is 19.0 Å². The van der Waals surface area contributed by atoms with Crippen LogP contribution in [0.15, 0.2) is 66.0 Å². The van der Waals surface area contributed by atoms with Crippen molar-refractivity contribution in [2.45, 2.75) is 13.5 Å². The molecular formula is C23H21N7O2. The Hall–Kier alpha value is -4.27. The van der Waals surface area contributed by atoms with Gasteiger partial charge in [0, 0.05) is 37.6 Å². The summed E-state index contributed by atoms with van der Waals surface area (Å²) < 4.78 is 10.6. The van der Waals surface area contributed by atoms with Crippen molar-refractivity contribution >= 4 is 11.2 Å². The molecule has 0 bridgehead atoms. The third-order valence-electron chi connectivity index (χ3n) is 5.32. The van der Waals surface area contributed by atoms with Gasteiger partial charge in [-0.2, -0.15) is 4.98 Å². The number of aromatic nitrogens is 7. The van der Waals surface area contributed by atoms with Crippen LogP contribution in [0.3, 0.4) is 0 Å². The lowest BCUT2D eigenvalue weighted by Gasteiger charge is -2.08. The molecule has 9 heteroatoms. The number of benzene rings is 1. The molecule has 0 fully saturated rings. The van der Waals surface area contributed by atoms with Crippen molar-refractivity contribution in [2.75, 3.05) is 7.11 Å². The zero-order chi connectivity index (χ0) is 22.2. The second kappa shape index (κ2) is 7.77. The second-order valence-corrected chi connectivity index (χ2v) is 7.30. The summed E-state index contributed by atoms with van der Waals surface area (Å²) in [5.74, 6) is 0.865. The molecule has 0 aliphatic rings. The number of hydrogen-bond acceptors (Lipinski definition) is 6. The topological polar surface area (TPSA) is 92.7 Å². The van der Waals surface area contributed by atoms with Gasteiger partial charge in [0.1, 0.15) is 11.2 Å². The number of methoxy groups -OCH3 is 1. The van der Waals surface area contributed by atoms with Crippen molar-refractivity contribution in [3.05, 3.63) is 71.5 Å². The maximum absolute atomic E-state index is 11.9. The molecule has 4 aromatic heterocycles. The van der Waals surface area contributed by atoms with Crippen molar-refractivity contribution in [1.82, 2.24) is 33.9 Å². The van der Waals surface area contributed by atoms with Crippen molar-refractivity contribution in [2.24, 2.45) is 7.05 Å². The average Bonchev–Trinajstić information content (AvgIpc) is 3.45. The summed E-state index contributed by atoms with van der Waals surface area (Å²) in [4.78, 5) is 26.0. The lowest BCUT2D eigenvalue weighted by atomic mass is 10.1. The predicted molar refractivity (Wildman–Crippen MR) is 121 cm³/mol. The normalized spacial score (nSPS) is 11.2. The third kappa shape index (κ3) is 3.24. The van der Waals surface area contributed by atoms with E-state index in [4.69, 9.17) is 14.7 Å². The van der Waals surface area contributed by atoms with Crippen LogP contribution in [-0.2, 0) is 13.6 Å². The highest BCUT2D eigenvalue weighted by Gasteiger charge is 2.19. The summed E-state index contributed by atoms with van der Waals surface area (Å²) in [6.07, 6.45) is 5.35. The largest absolute Gasteiger partial charge is 0.479 e. The van der Waals surface area contributed by atoms with Crippen LogP contribution in [0, 0.1) is 0 Å². The molecular weight excluding hydrogens is 406 g/mol. The molecule has 0 aliphatic heterocycles. The summed E-state index contributed by atoms with van der Waals surface area (Å²) in [6, 6.07) is 13.1. The lowest BCUT2D eigenvalue weighted by Crippen LogP contribution is -2.14. The molecule has 0 saturated carbocycles. The smallest absolute Gasteiger partial charge is 0.253 e. The molecule has 0 aliphatic carbocycles. The Morgan fingerprint density at radius 3 is 2.53 bits per heavy atom. The number of ether oxygens (including phenoxy) is 1. The van der Waals surface area contributed by atoms with Crippen LogP contribution in [0.1, 0.15) is 6.92 Å². The SMILES string of the molecule is CCn1cnc2c(-c3ccc(=O)n(C)c3)nc(-n3cc(-c4ccccc4)c(OC)n3)nc21. The molecule has 0 N–H and O–H groups in total. The van der Waals surface area contributed by atoms with E-state index < -0.39 is 0 Å². The lowest BCUT2D eigenvalue weighted by molar-refractivity contribution is 0.395. The van der Waals surface area contributed by atoms with Crippen LogP contribution in [0.5, 0.6) is 5.88 Å². The summed E-state index contributed by atoms with van der Waals surface area (Å²) in [7, 11) is 3.30. The minimum atomic E-state index is -0.0947. The van der Waals surface area contributed by atoms with Crippen LogP contribution in [0.25, 0.3) is 39.5 Å². The van der Waals surface area contributed by atoms with Gasteiger partial charge in [-0.25, -0.2) is 14.6 Å². The monoisotopic (exact) mass is 427 g/mol. The summed E-state index contributed by atoms with van der Waals surface area (Å²) in [5, 5.41) is 4.57. The minimum Gasteiger partial charge on any atom is -0.479 e. The standard InChI is InChI=1S/C23H21N7O2/c1-4-29-14-24-20-19(16-10-11-18(31)28(2)12-16)25-23(26-21(20)29)30-13-17(22(27-30)32-3)15-8-6-5-7-9-15/h5-14H,4H2,1-3H3. The van der Waals surface area contributed by atoms with Gasteiger partial charge in [-0.15, -0.1) is 5.10 Å². The quantitative estimate of drug-likeness (QED) is 0.428. The van der Waals surface area contributed by atoms with Gasteiger partial charge in [-0.1, -0.05) is 30.3 Å². The van der Waals surface area contributed by atoms with Gasteiger partial charge in [0.25, 0.3) is 5.95 Å². The number of nitrogens with zero attached hydrogens (tertiary/aromatic N) is 7. The van der Waals surface area contributed by atoms with E-state index >= 15 is 0 Å². The van der Waals surface area contributed by atoms with Crippen molar-refractivity contribution in [3.8, 4) is 34.2 Å². The van der Waals surface area contributed by atoms with Gasteiger partial charge >= 0.3 is 0 Å². The highest BCUT2D eigenvalue weighted by atomic mass is 16.5. The summed E-state index contributed by atoms with van der Waals surface area (Å²) in [5.41, 5.74) is 4.47. The highest BCUT2D eigenvalue weighted by molar-refractivity contribution is 5.87. The Morgan fingerprint density at radius 2 is 1.81 bits per heavy atom. The van der Waals surface area contributed by atoms with Crippen molar-refractivity contribution in [1.29, 1.82) is 0 Å². The fourth-order valence-corrected chi connectivity index (χ4v) is 3.63. The molecule has 1 aromatic carbocycles. The van der Waals surface area contributed by atoms with Gasteiger partial charge in [-0.05, 0) is 18.6 Å². The number of imidazole rings is 1. The zero-order valence-electron chi connectivity index (χ0n) is 17.9. The van der Waals surface area contributed by atoms with Crippen LogP contribution in [0.4, 0.5) is 0 Å². The van der Waals surface area contributed by atoms with Crippen LogP contribution in [0.2, 0.25) is 0 Å². The first-order valence-corrected chi connectivity index (χ1v) is 10.2. The van der Waals surface area contributed by atoms with E-state index in [0.29, 0.717) is 35.2 Å². The molecule has 160 valence electrons. The molecule has 0 radical (unpaired) electrons. The predicted octanol–water partition coefficient (Wildman–Crippen LogP) is 3.07. The number of aryl methyl sites for hydroxylation is 2. The van der Waals surface area contributed by atoms with Crippen LogP contribution < -0.4 is 10.3 Å². The van der Waals surface area contributed by atoms with Crippen LogP contribution in [-0.4, -0.2) is 41.0 Å². The van der Waals surface area contributed by atoms with Gasteiger partial charge < -0.3 is 13.9 Å². The first-order chi connectivity index (χ1) is 15.6. The molecule has 5 aromatic rings. The van der Waals surface area contributed by atoms with Gasteiger partial charge in [0.15, 0.2) is 5.65 Å². The van der Waals surface area contributed by atoms with Crippen molar-refractivity contribution in [3.63, 3.8) is 0 Å². The molecule has 9 nitrogen and oxygen atoms in total. The average molecular weight is 427 g/mol. The second-order valence-electron chi connectivity index (χ2n) is 7.30. The Morgan fingerprint density at radius 1 is 1.00 bits per heavy atom. The van der Waals surface area contributed by atoms with E-state index in [9.17, 15) is 4.79 Å². The first kappa shape index (κ1) is 19.7. The third-order valence-corrected chi connectivity index (χ3v) is 5.32. The van der Waals surface area contributed by atoms with E-state index in [-0.39, 0.29) is 5.56 Å². The van der Waals surface area contributed by atoms with Gasteiger partial charge in [-0.3, -0.25) is 4.79 Å². The zero-order valence-corrected chi connectivity index (χ0v) is 17.9. The molecule has 0 atom stereocenters. The molecule has 0 amide bonds. The van der Waals surface area contributed by atoms with E-state index in [0.717, 1.165) is 16.7 Å². The number of hydrogen-bond donors (Lipinski definition) is 0. The number of pyridine rings is 1. The Kier molecular flexibility index (Phi) is 4.78. The molecule has 0 unspecified atom stereocenters. The molecule has 5 rings (SSSR count). The van der Waals surface area contributed by atoms with E-state index in [1.807, 2.05) is 48.0 Å². The maximum Gasteiger partial charge on any atom is 0.253 e. The Balaban J connectivity index is 1.74. The van der Waals surface area contributed by atoms with E-state index in [1.54, 1.807) is 37.4 Å². The fourth-order valence-electron chi connectivity index (χ4n) is 3.63. The molecule has 4 heterocycles. The first-order valence-electron chi connectivity index (χ1n) is 10.2. The van der Waals surface area contributed by atoms with Gasteiger partial charge in [0.2, 0.25) is 11.4 Å². The fraction of sp³-hybridized carbons (Fsp3) is 0.174. The minimum absolute atomic E-state index is 0.0947. The summed E-state index contributed by atoms with van der Waals surface area (Å²) in [6.45, 7) is 2.73. The molecule has 0 saturated heterocycles. The van der Waals surface area contributed by atoms with E-state index in [1.165, 1.54) is 10.6 Å². The van der Waals surface area contributed by atoms with Crippen LogP contribution >= 0.6 is 0 Å². The molecule has 0 spiro atoms. The highest BCUT2D eigenvalue weighted by Crippen LogP contribution is 2.30. The summed E-state index contributed by atoms with van der Waals surface area (Å²) >= 11 is 0. The Labute approximate surface area is 183 Å².